The second-order valence-corrected chi connectivity index (χ2v) is 7.05. The first-order valence-corrected chi connectivity index (χ1v) is 8.97. The predicted octanol–water partition coefficient (Wildman–Crippen LogP) is 5.09. The van der Waals surface area contributed by atoms with Crippen LogP contribution in [0.2, 0.25) is 10.0 Å². The van der Waals surface area contributed by atoms with Crippen molar-refractivity contribution in [3.63, 3.8) is 0 Å². The third-order valence-corrected chi connectivity index (χ3v) is 4.74. The second-order valence-electron chi connectivity index (χ2n) is 5.75. The zero-order valence-corrected chi connectivity index (χ0v) is 15.9. The number of hydrogen-bond acceptors (Lipinski definition) is 4. The van der Waals surface area contributed by atoms with Crippen molar-refractivity contribution in [3.8, 4) is 5.82 Å². The number of pyridine rings is 1. The maximum atomic E-state index is 13.3. The number of hydrogen-bond donors (Lipinski definition) is 0. The molecule has 2 aromatic heterocycles. The van der Waals surface area contributed by atoms with Gasteiger partial charge in [0.05, 0.1) is 40.9 Å². The van der Waals surface area contributed by atoms with Crippen molar-refractivity contribution in [2.75, 3.05) is 11.4 Å². The van der Waals surface area contributed by atoms with E-state index >= 15 is 0 Å². The summed E-state index contributed by atoms with van der Waals surface area (Å²) in [6, 6.07) is 5.99. The molecule has 0 bridgehead atoms. The lowest BCUT2D eigenvalue weighted by Gasteiger charge is -2.25. The fourth-order valence-electron chi connectivity index (χ4n) is 2.71. The van der Waals surface area contributed by atoms with E-state index in [-0.39, 0.29) is 0 Å². The first-order valence-electron chi connectivity index (χ1n) is 7.83. The molecule has 3 aromatic rings. The quantitative estimate of drug-likeness (QED) is 0.590. The topological polar surface area (TPSA) is 46.8 Å². The fraction of sp³-hybridized carbons (Fsp3) is 0.0556. The highest BCUT2D eigenvalue weighted by Gasteiger charge is 2.17. The summed E-state index contributed by atoms with van der Waals surface area (Å²) in [5.74, 6) is 0.0285. The Morgan fingerprint density at radius 3 is 2.48 bits per heavy atom. The molecule has 1 aliphatic heterocycles. The Morgan fingerprint density at radius 2 is 1.78 bits per heavy atom. The van der Waals surface area contributed by atoms with E-state index in [1.807, 2.05) is 11.1 Å². The van der Waals surface area contributed by atoms with Gasteiger partial charge in [-0.2, -0.15) is 10.2 Å². The molecule has 1 aromatic carbocycles. The molecule has 1 aliphatic rings. The van der Waals surface area contributed by atoms with Crippen LogP contribution in [0.4, 0.5) is 10.1 Å². The summed E-state index contributed by atoms with van der Waals surface area (Å²) >= 11 is 18.9. The van der Waals surface area contributed by atoms with E-state index in [2.05, 4.69) is 15.2 Å². The average molecular weight is 423 g/mol. The third-order valence-electron chi connectivity index (χ3n) is 3.92. The second kappa shape index (κ2) is 7.31. The lowest BCUT2D eigenvalue weighted by Crippen LogP contribution is -2.21. The Bertz CT molecular complexity index is 1060. The van der Waals surface area contributed by atoms with Crippen molar-refractivity contribution >= 4 is 46.1 Å². The molecule has 27 heavy (non-hydrogen) atoms. The molecule has 0 N–H and O–H groups in total. The normalized spacial score (nSPS) is 14.1. The van der Waals surface area contributed by atoms with Gasteiger partial charge < -0.3 is 4.90 Å². The van der Waals surface area contributed by atoms with E-state index in [1.165, 1.54) is 16.9 Å². The lowest BCUT2D eigenvalue weighted by atomic mass is 10.0. The van der Waals surface area contributed by atoms with Crippen LogP contribution in [0.3, 0.4) is 0 Å². The highest BCUT2D eigenvalue weighted by Crippen LogP contribution is 2.33. The van der Waals surface area contributed by atoms with Crippen LogP contribution in [0.15, 0.2) is 60.2 Å². The van der Waals surface area contributed by atoms with Gasteiger partial charge in [0.2, 0.25) is 0 Å². The van der Waals surface area contributed by atoms with Crippen LogP contribution < -0.4 is 4.90 Å². The summed E-state index contributed by atoms with van der Waals surface area (Å²) in [7, 11) is 0. The first-order chi connectivity index (χ1) is 13.0. The molecule has 0 amide bonds. The van der Waals surface area contributed by atoms with Crippen LogP contribution in [0.25, 0.3) is 11.4 Å². The predicted molar refractivity (Wildman–Crippen MR) is 105 cm³/mol. The third kappa shape index (κ3) is 3.69. The molecule has 0 aliphatic carbocycles. The number of halogens is 4. The Balaban J connectivity index is 1.70. The number of benzene rings is 1. The summed E-state index contributed by atoms with van der Waals surface area (Å²) in [5.41, 5.74) is 2.17. The molecule has 0 saturated heterocycles. The van der Waals surface area contributed by atoms with Gasteiger partial charge in [-0.05, 0) is 30.3 Å². The Kier molecular flexibility index (Phi) is 4.86. The average Bonchev–Trinajstić information content (AvgIpc) is 3.15. The van der Waals surface area contributed by atoms with Gasteiger partial charge in [0.25, 0.3) is 0 Å². The summed E-state index contributed by atoms with van der Waals surface area (Å²) in [6.45, 7) is 0.446. The Hall–Kier alpha value is -2.41. The number of allylic oxidation sites excluding steroid dienone is 2. The van der Waals surface area contributed by atoms with Crippen LogP contribution >= 0.6 is 34.8 Å². The van der Waals surface area contributed by atoms with Crippen molar-refractivity contribution in [2.24, 2.45) is 0 Å². The van der Waals surface area contributed by atoms with Gasteiger partial charge >= 0.3 is 0 Å². The van der Waals surface area contributed by atoms with Crippen molar-refractivity contribution in [1.82, 2.24) is 20.0 Å². The molecule has 136 valence electrons. The van der Waals surface area contributed by atoms with Gasteiger partial charge in [-0.3, -0.25) is 0 Å². The number of rotatable bonds is 3. The van der Waals surface area contributed by atoms with Crippen LogP contribution in [0.5, 0.6) is 0 Å². The lowest BCUT2D eigenvalue weighted by molar-refractivity contribution is 0.628. The molecule has 0 fully saturated rings. The van der Waals surface area contributed by atoms with E-state index in [1.54, 1.807) is 36.8 Å². The van der Waals surface area contributed by atoms with Crippen LogP contribution in [-0.2, 0) is 0 Å². The standard InChI is InChI=1S/C18H11Cl3FN5/c19-12-5-11(15-2-1-13(22)6-16(15)20)9-26(10-12)14-7-17(21)18(23-8-14)27-24-3-4-25-27/h1-9H,10H2. The maximum Gasteiger partial charge on any atom is 0.193 e. The molecular formula is C18H11Cl3FN5. The van der Waals surface area contributed by atoms with Crippen molar-refractivity contribution in [2.45, 2.75) is 0 Å². The Labute approximate surface area is 169 Å². The van der Waals surface area contributed by atoms with E-state index < -0.39 is 5.82 Å². The maximum absolute atomic E-state index is 13.3. The van der Waals surface area contributed by atoms with E-state index in [0.717, 1.165) is 11.3 Å². The summed E-state index contributed by atoms with van der Waals surface area (Å²) in [6.07, 6.45) is 8.41. The van der Waals surface area contributed by atoms with Gasteiger partial charge in [0.15, 0.2) is 5.82 Å². The molecular weight excluding hydrogens is 412 g/mol. The van der Waals surface area contributed by atoms with Crippen LogP contribution in [-0.4, -0.2) is 26.5 Å². The highest BCUT2D eigenvalue weighted by molar-refractivity contribution is 6.34. The summed E-state index contributed by atoms with van der Waals surface area (Å²) < 4.78 is 13.3. The van der Waals surface area contributed by atoms with Crippen molar-refractivity contribution in [3.05, 3.63) is 81.6 Å². The summed E-state index contributed by atoms with van der Waals surface area (Å²) in [4.78, 5) is 7.57. The Morgan fingerprint density at radius 1 is 1.00 bits per heavy atom. The zero-order valence-electron chi connectivity index (χ0n) is 13.7. The number of aromatic nitrogens is 4. The van der Waals surface area contributed by atoms with Gasteiger partial charge in [0.1, 0.15) is 5.82 Å². The molecule has 9 heteroatoms. The molecule has 0 atom stereocenters. The van der Waals surface area contributed by atoms with E-state index in [4.69, 9.17) is 34.8 Å². The molecule has 4 rings (SSSR count). The van der Waals surface area contributed by atoms with Gasteiger partial charge in [0, 0.05) is 22.4 Å². The zero-order chi connectivity index (χ0) is 19.0. The minimum atomic E-state index is -0.397. The molecule has 0 spiro atoms. The summed E-state index contributed by atoms with van der Waals surface area (Å²) in [5, 5.41) is 9.35. The van der Waals surface area contributed by atoms with E-state index in [9.17, 15) is 4.39 Å². The number of anilines is 1. The van der Waals surface area contributed by atoms with E-state index in [0.29, 0.717) is 33.0 Å². The van der Waals surface area contributed by atoms with Crippen molar-refractivity contribution in [1.29, 1.82) is 0 Å². The molecule has 3 heterocycles. The fourth-order valence-corrected chi connectivity index (χ4v) is 3.47. The molecule has 0 unspecified atom stereocenters. The minimum absolute atomic E-state index is 0.306. The van der Waals surface area contributed by atoms with Gasteiger partial charge in [-0.1, -0.05) is 34.8 Å². The van der Waals surface area contributed by atoms with Crippen LogP contribution in [0, 0.1) is 5.82 Å². The smallest absolute Gasteiger partial charge is 0.193 e. The monoisotopic (exact) mass is 421 g/mol. The van der Waals surface area contributed by atoms with Gasteiger partial charge in [-0.15, -0.1) is 4.80 Å². The molecule has 0 radical (unpaired) electrons. The molecule has 0 saturated carbocycles. The number of nitrogens with zero attached hydrogens (tertiary/aromatic N) is 5. The van der Waals surface area contributed by atoms with Crippen LogP contribution in [0.1, 0.15) is 5.56 Å². The van der Waals surface area contributed by atoms with Gasteiger partial charge in [-0.25, -0.2) is 9.37 Å². The SMILES string of the molecule is Fc1ccc(C2=CN(c3cnc(-n4nccn4)c(Cl)c3)CC(Cl)=C2)c(Cl)c1. The minimum Gasteiger partial charge on any atom is -0.341 e. The highest BCUT2D eigenvalue weighted by atomic mass is 35.5. The largest absolute Gasteiger partial charge is 0.341 e. The van der Waals surface area contributed by atoms with Crippen molar-refractivity contribution < 1.29 is 4.39 Å². The first kappa shape index (κ1) is 18.0. The molecule has 5 nitrogen and oxygen atoms in total.